The van der Waals surface area contributed by atoms with Crippen LogP contribution >= 0.6 is 0 Å². The minimum absolute atomic E-state index is 0.00438. The van der Waals surface area contributed by atoms with Crippen molar-refractivity contribution in [3.05, 3.63) is 66.2 Å². The molecule has 0 saturated carbocycles. The maximum Gasteiger partial charge on any atom is 0.291 e. The van der Waals surface area contributed by atoms with Gasteiger partial charge in [0.15, 0.2) is 6.39 Å². The zero-order valence-electron chi connectivity index (χ0n) is 14.4. The van der Waals surface area contributed by atoms with E-state index in [1.54, 1.807) is 36.7 Å². The Morgan fingerprint density at radius 3 is 2.96 bits per heavy atom. The number of carbonyl (C=O) groups is 1. The summed E-state index contributed by atoms with van der Waals surface area (Å²) in [6.45, 7) is 3.75. The Morgan fingerprint density at radius 2 is 2.19 bits per heavy atom. The highest BCUT2D eigenvalue weighted by Gasteiger charge is 2.30. The molecule has 1 aliphatic rings. The van der Waals surface area contributed by atoms with Gasteiger partial charge < -0.3 is 18.6 Å². The van der Waals surface area contributed by atoms with Crippen LogP contribution in [0.5, 0.6) is 0 Å². The van der Waals surface area contributed by atoms with Crippen LogP contribution < -0.4 is 0 Å². The molecule has 1 atom stereocenters. The van der Waals surface area contributed by atoms with Crippen LogP contribution in [0, 0.1) is 6.92 Å². The van der Waals surface area contributed by atoms with Gasteiger partial charge in [0.25, 0.3) is 5.91 Å². The van der Waals surface area contributed by atoms with Crippen molar-refractivity contribution in [2.45, 2.75) is 26.1 Å². The Bertz CT molecular complexity index is 889. The molecule has 0 N–H and O–H groups in total. The van der Waals surface area contributed by atoms with Crippen molar-refractivity contribution in [2.24, 2.45) is 0 Å². The minimum atomic E-state index is -0.161. The molecule has 0 spiro atoms. The van der Waals surface area contributed by atoms with Gasteiger partial charge in [0.2, 0.25) is 5.76 Å². The number of aromatic nitrogens is 4. The van der Waals surface area contributed by atoms with Gasteiger partial charge in [-0.1, -0.05) is 0 Å². The molecule has 0 aliphatic carbocycles. The number of pyridine rings is 1. The molecule has 0 fully saturated rings. The molecule has 0 saturated heterocycles. The summed E-state index contributed by atoms with van der Waals surface area (Å²) in [7, 11) is 0. The zero-order chi connectivity index (χ0) is 17.9. The molecule has 0 radical (unpaired) electrons. The van der Waals surface area contributed by atoms with Gasteiger partial charge in [-0.2, -0.15) is 0 Å². The van der Waals surface area contributed by atoms with E-state index in [0.717, 1.165) is 11.3 Å². The number of rotatable bonds is 5. The van der Waals surface area contributed by atoms with Crippen molar-refractivity contribution in [1.82, 2.24) is 24.4 Å². The molecule has 0 aromatic carbocycles. The van der Waals surface area contributed by atoms with E-state index < -0.39 is 0 Å². The van der Waals surface area contributed by atoms with Gasteiger partial charge in [0.1, 0.15) is 0 Å². The number of carbonyl (C=O) groups excluding carboxylic acids is 1. The van der Waals surface area contributed by atoms with E-state index in [1.165, 1.54) is 6.39 Å². The van der Waals surface area contributed by atoms with Crippen molar-refractivity contribution >= 4 is 5.91 Å². The van der Waals surface area contributed by atoms with Crippen LogP contribution in [0.1, 0.15) is 33.5 Å². The van der Waals surface area contributed by atoms with Crippen LogP contribution in [0.4, 0.5) is 0 Å². The topological polar surface area (TPSA) is 86.3 Å². The van der Waals surface area contributed by atoms with Gasteiger partial charge in [-0.05, 0) is 24.6 Å². The standard InChI is InChI=1S/C18H19N5O3/c1-13-17(26-12-21-13)18(24)22-7-15-6-20-11-23(15)16(8-22)10-25-9-14-2-4-19-5-3-14/h2-6,11-12,16H,7-10H2,1H3/t16-/m1/s1. The fourth-order valence-corrected chi connectivity index (χ4v) is 3.12. The second-order valence-electron chi connectivity index (χ2n) is 6.27. The summed E-state index contributed by atoms with van der Waals surface area (Å²) in [6.07, 6.45) is 8.35. The highest BCUT2D eigenvalue weighted by Crippen LogP contribution is 2.23. The van der Waals surface area contributed by atoms with E-state index in [-0.39, 0.29) is 17.7 Å². The molecular formula is C18H19N5O3. The Hall–Kier alpha value is -3.00. The smallest absolute Gasteiger partial charge is 0.291 e. The fraction of sp³-hybridized carbons (Fsp3) is 0.333. The van der Waals surface area contributed by atoms with Crippen LogP contribution in [-0.2, 0) is 17.9 Å². The van der Waals surface area contributed by atoms with Gasteiger partial charge in [-0.15, -0.1) is 0 Å². The van der Waals surface area contributed by atoms with E-state index in [0.29, 0.717) is 32.0 Å². The summed E-state index contributed by atoms with van der Waals surface area (Å²) in [4.78, 5) is 26.8. The predicted octanol–water partition coefficient (Wildman–Crippen LogP) is 1.99. The van der Waals surface area contributed by atoms with Gasteiger partial charge in [0.05, 0.1) is 43.5 Å². The largest absolute Gasteiger partial charge is 0.438 e. The highest BCUT2D eigenvalue weighted by atomic mass is 16.5. The molecule has 0 unspecified atom stereocenters. The molecule has 0 bridgehead atoms. The first-order chi connectivity index (χ1) is 12.7. The molecule has 8 heteroatoms. The highest BCUT2D eigenvalue weighted by molar-refractivity contribution is 5.92. The average molecular weight is 353 g/mol. The van der Waals surface area contributed by atoms with Crippen molar-refractivity contribution in [2.75, 3.05) is 13.2 Å². The number of imidazole rings is 1. The van der Waals surface area contributed by atoms with Crippen LogP contribution in [0.2, 0.25) is 0 Å². The summed E-state index contributed by atoms with van der Waals surface area (Å²) < 4.78 is 13.2. The molecular weight excluding hydrogens is 334 g/mol. The Kier molecular flexibility index (Phi) is 4.49. The Morgan fingerprint density at radius 1 is 1.35 bits per heavy atom. The molecule has 134 valence electrons. The van der Waals surface area contributed by atoms with Crippen LogP contribution in [0.25, 0.3) is 0 Å². The normalized spacial score (nSPS) is 16.5. The summed E-state index contributed by atoms with van der Waals surface area (Å²) in [5, 5.41) is 0. The SMILES string of the molecule is Cc1ncoc1C(=O)N1Cc2cncn2[C@@H](COCc2ccncc2)C1. The number of fused-ring (bicyclic) bond motifs is 1. The van der Waals surface area contributed by atoms with Crippen LogP contribution in [-0.4, -0.2) is 43.5 Å². The van der Waals surface area contributed by atoms with Gasteiger partial charge in [-0.3, -0.25) is 9.78 Å². The molecule has 1 aliphatic heterocycles. The first-order valence-corrected chi connectivity index (χ1v) is 8.39. The van der Waals surface area contributed by atoms with E-state index in [2.05, 4.69) is 19.5 Å². The van der Waals surface area contributed by atoms with E-state index in [4.69, 9.17) is 9.15 Å². The summed E-state index contributed by atoms with van der Waals surface area (Å²) in [5.74, 6) is 0.126. The number of hydrogen-bond donors (Lipinski definition) is 0. The summed E-state index contributed by atoms with van der Waals surface area (Å²) in [6, 6.07) is 3.84. The third kappa shape index (κ3) is 3.23. The number of hydrogen-bond acceptors (Lipinski definition) is 6. The van der Waals surface area contributed by atoms with Crippen LogP contribution in [0.15, 0.2) is 47.9 Å². The molecule has 3 aromatic rings. The second kappa shape index (κ2) is 7.09. The molecule has 1 amide bonds. The number of ether oxygens (including phenoxy) is 1. The third-order valence-electron chi connectivity index (χ3n) is 4.48. The Labute approximate surface area is 150 Å². The van der Waals surface area contributed by atoms with Crippen LogP contribution in [0.3, 0.4) is 0 Å². The first kappa shape index (κ1) is 16.5. The van der Waals surface area contributed by atoms with E-state index in [9.17, 15) is 4.79 Å². The lowest BCUT2D eigenvalue weighted by Crippen LogP contribution is -2.42. The molecule has 3 aromatic heterocycles. The van der Waals surface area contributed by atoms with Gasteiger partial charge >= 0.3 is 0 Å². The predicted molar refractivity (Wildman–Crippen MR) is 91.1 cm³/mol. The minimum Gasteiger partial charge on any atom is -0.438 e. The van der Waals surface area contributed by atoms with Gasteiger partial charge in [0, 0.05) is 25.1 Å². The molecule has 8 nitrogen and oxygen atoms in total. The quantitative estimate of drug-likeness (QED) is 0.697. The van der Waals surface area contributed by atoms with Crippen molar-refractivity contribution in [3.63, 3.8) is 0 Å². The van der Waals surface area contributed by atoms with Crippen molar-refractivity contribution < 1.29 is 13.9 Å². The first-order valence-electron chi connectivity index (χ1n) is 8.39. The number of aryl methyl sites for hydroxylation is 1. The number of amides is 1. The summed E-state index contributed by atoms with van der Waals surface area (Å²) >= 11 is 0. The van der Waals surface area contributed by atoms with Crippen molar-refractivity contribution in [3.8, 4) is 0 Å². The summed E-state index contributed by atoms with van der Waals surface area (Å²) in [5.41, 5.74) is 2.63. The third-order valence-corrected chi connectivity index (χ3v) is 4.48. The monoisotopic (exact) mass is 353 g/mol. The Balaban J connectivity index is 1.46. The van der Waals surface area contributed by atoms with E-state index >= 15 is 0 Å². The van der Waals surface area contributed by atoms with E-state index in [1.807, 2.05) is 12.1 Å². The lowest BCUT2D eigenvalue weighted by Gasteiger charge is -2.34. The number of oxazole rings is 1. The lowest BCUT2D eigenvalue weighted by atomic mass is 10.1. The van der Waals surface area contributed by atoms with Gasteiger partial charge in [-0.25, -0.2) is 9.97 Å². The van der Waals surface area contributed by atoms with Crippen molar-refractivity contribution in [1.29, 1.82) is 0 Å². The second-order valence-corrected chi connectivity index (χ2v) is 6.27. The molecule has 4 rings (SSSR count). The lowest BCUT2D eigenvalue weighted by molar-refractivity contribution is 0.0460. The molecule has 4 heterocycles. The maximum absolute atomic E-state index is 12.8. The molecule has 26 heavy (non-hydrogen) atoms. The fourth-order valence-electron chi connectivity index (χ4n) is 3.12. The maximum atomic E-state index is 12.8. The zero-order valence-corrected chi connectivity index (χ0v) is 14.4. The average Bonchev–Trinajstić information content (AvgIpc) is 3.30. The number of nitrogens with zero attached hydrogens (tertiary/aromatic N) is 5.